The third-order valence-electron chi connectivity index (χ3n) is 5.01. The first-order valence-corrected chi connectivity index (χ1v) is 10.4. The molecular formula is C21H22ClFN6O2. The van der Waals surface area contributed by atoms with Crippen molar-refractivity contribution in [2.45, 2.75) is 19.8 Å². The zero-order valence-corrected chi connectivity index (χ0v) is 17.9. The zero-order valence-electron chi connectivity index (χ0n) is 17.2. The summed E-state index contributed by atoms with van der Waals surface area (Å²) in [5.41, 5.74) is 0.810. The van der Waals surface area contributed by atoms with Gasteiger partial charge in [0.15, 0.2) is 5.82 Å². The van der Waals surface area contributed by atoms with Crippen LogP contribution in [0.25, 0.3) is 11.5 Å². The molecule has 4 rings (SSSR count). The minimum Gasteiger partial charge on any atom is -0.420 e. The van der Waals surface area contributed by atoms with Crippen molar-refractivity contribution in [3.05, 3.63) is 53.3 Å². The van der Waals surface area contributed by atoms with Gasteiger partial charge in [-0.05, 0) is 24.3 Å². The second kappa shape index (κ2) is 8.89. The lowest BCUT2D eigenvalue weighted by atomic mass is 10.2. The number of nitrogens with one attached hydrogen (secondary N) is 1. The monoisotopic (exact) mass is 444 g/mol. The van der Waals surface area contributed by atoms with Crippen LogP contribution in [0.1, 0.15) is 25.7 Å². The summed E-state index contributed by atoms with van der Waals surface area (Å²) in [6.07, 6.45) is 1.71. The second-order valence-electron chi connectivity index (χ2n) is 7.48. The highest BCUT2D eigenvalue weighted by molar-refractivity contribution is 6.31. The summed E-state index contributed by atoms with van der Waals surface area (Å²) in [5, 5.41) is 10.8. The molecule has 1 aliphatic heterocycles. The summed E-state index contributed by atoms with van der Waals surface area (Å²) in [6, 6.07) is 7.83. The van der Waals surface area contributed by atoms with Gasteiger partial charge in [0, 0.05) is 38.3 Å². The number of halogens is 2. The van der Waals surface area contributed by atoms with Crippen molar-refractivity contribution in [1.82, 2.24) is 20.1 Å². The van der Waals surface area contributed by atoms with Crippen LogP contribution < -0.4 is 10.2 Å². The minimum absolute atomic E-state index is 0.0352. The van der Waals surface area contributed by atoms with E-state index in [4.69, 9.17) is 16.0 Å². The molecule has 1 aromatic carbocycles. The SMILES string of the molecule is CC(C)c1nnc(-c2cccnc2N2CCN(C(=O)Nc3cccc(Cl)c3F)CC2)o1. The summed E-state index contributed by atoms with van der Waals surface area (Å²) in [6.45, 7) is 5.99. The Morgan fingerprint density at radius 1 is 1.16 bits per heavy atom. The van der Waals surface area contributed by atoms with Gasteiger partial charge in [0.1, 0.15) is 5.82 Å². The molecule has 31 heavy (non-hydrogen) atoms. The van der Waals surface area contributed by atoms with Crippen molar-refractivity contribution < 1.29 is 13.6 Å². The van der Waals surface area contributed by atoms with Crippen molar-refractivity contribution in [2.24, 2.45) is 0 Å². The molecule has 2 amide bonds. The summed E-state index contributed by atoms with van der Waals surface area (Å²) >= 11 is 5.78. The topological polar surface area (TPSA) is 87.4 Å². The number of pyridine rings is 1. The maximum atomic E-state index is 14.1. The van der Waals surface area contributed by atoms with Crippen LogP contribution in [0.15, 0.2) is 40.9 Å². The molecule has 162 valence electrons. The van der Waals surface area contributed by atoms with Gasteiger partial charge in [-0.15, -0.1) is 10.2 Å². The van der Waals surface area contributed by atoms with Crippen LogP contribution in [0.5, 0.6) is 0 Å². The van der Waals surface area contributed by atoms with E-state index in [0.717, 1.165) is 11.4 Å². The van der Waals surface area contributed by atoms with Gasteiger partial charge in [0.25, 0.3) is 5.89 Å². The molecule has 3 heterocycles. The Balaban J connectivity index is 1.44. The van der Waals surface area contributed by atoms with Crippen molar-refractivity contribution in [1.29, 1.82) is 0 Å². The predicted molar refractivity (Wildman–Crippen MR) is 116 cm³/mol. The molecule has 3 aromatic rings. The number of aromatic nitrogens is 3. The Morgan fingerprint density at radius 3 is 2.65 bits per heavy atom. The van der Waals surface area contributed by atoms with Crippen molar-refractivity contribution in [3.8, 4) is 11.5 Å². The van der Waals surface area contributed by atoms with Gasteiger partial charge in [0.05, 0.1) is 16.3 Å². The molecule has 0 unspecified atom stereocenters. The average Bonchev–Trinajstić information content (AvgIpc) is 3.28. The highest BCUT2D eigenvalue weighted by atomic mass is 35.5. The number of anilines is 2. The Kier molecular flexibility index (Phi) is 6.03. The molecule has 2 aromatic heterocycles. The van der Waals surface area contributed by atoms with E-state index >= 15 is 0 Å². The molecule has 0 radical (unpaired) electrons. The molecule has 1 N–H and O–H groups in total. The molecule has 1 aliphatic rings. The van der Waals surface area contributed by atoms with Gasteiger partial charge in [-0.2, -0.15) is 0 Å². The highest BCUT2D eigenvalue weighted by Gasteiger charge is 2.26. The van der Waals surface area contributed by atoms with Crippen LogP contribution in [-0.2, 0) is 0 Å². The van der Waals surface area contributed by atoms with Crippen LogP contribution in [0.3, 0.4) is 0 Å². The smallest absolute Gasteiger partial charge is 0.322 e. The fraction of sp³-hybridized carbons (Fsp3) is 0.333. The maximum Gasteiger partial charge on any atom is 0.322 e. The van der Waals surface area contributed by atoms with Crippen LogP contribution in [0.2, 0.25) is 5.02 Å². The van der Waals surface area contributed by atoms with E-state index in [1.807, 2.05) is 26.0 Å². The van der Waals surface area contributed by atoms with E-state index in [1.165, 1.54) is 12.1 Å². The number of urea groups is 1. The van der Waals surface area contributed by atoms with Crippen molar-refractivity contribution in [3.63, 3.8) is 0 Å². The Bertz CT molecular complexity index is 1080. The van der Waals surface area contributed by atoms with E-state index in [1.54, 1.807) is 17.2 Å². The van der Waals surface area contributed by atoms with Crippen LogP contribution >= 0.6 is 11.6 Å². The number of piperazine rings is 1. The number of carbonyl (C=O) groups excluding carboxylic acids is 1. The first kappa shape index (κ1) is 21.0. The average molecular weight is 445 g/mol. The predicted octanol–water partition coefficient (Wildman–Crippen LogP) is 4.40. The van der Waals surface area contributed by atoms with Gasteiger partial charge in [-0.1, -0.05) is 31.5 Å². The summed E-state index contributed by atoms with van der Waals surface area (Å²) in [7, 11) is 0. The van der Waals surface area contributed by atoms with Gasteiger partial charge >= 0.3 is 6.03 Å². The highest BCUT2D eigenvalue weighted by Crippen LogP contribution is 2.30. The molecule has 0 saturated carbocycles. The van der Waals surface area contributed by atoms with E-state index in [0.29, 0.717) is 38.0 Å². The standard InChI is InChI=1S/C21H22ClFN6O2/c1-13(2)19-26-27-20(31-19)14-5-4-8-24-18(14)28-9-11-29(12-10-28)21(30)25-16-7-3-6-15(22)17(16)23/h3-8,13H,9-12H2,1-2H3,(H,25,30). The maximum absolute atomic E-state index is 14.1. The van der Waals surface area contributed by atoms with E-state index in [9.17, 15) is 9.18 Å². The fourth-order valence-electron chi connectivity index (χ4n) is 3.31. The van der Waals surface area contributed by atoms with Crippen LogP contribution in [0, 0.1) is 5.82 Å². The number of hydrogen-bond acceptors (Lipinski definition) is 6. The van der Waals surface area contributed by atoms with Gasteiger partial charge in [0.2, 0.25) is 5.89 Å². The molecule has 10 heteroatoms. The van der Waals surface area contributed by atoms with E-state index in [2.05, 4.69) is 25.4 Å². The number of nitrogens with zero attached hydrogens (tertiary/aromatic N) is 5. The number of amides is 2. The number of hydrogen-bond donors (Lipinski definition) is 1. The summed E-state index contributed by atoms with van der Waals surface area (Å²) in [5.74, 6) is 1.20. The zero-order chi connectivity index (χ0) is 22.0. The van der Waals surface area contributed by atoms with Gasteiger partial charge in [-0.3, -0.25) is 0 Å². The van der Waals surface area contributed by atoms with Gasteiger partial charge < -0.3 is 19.5 Å². The normalized spacial score (nSPS) is 14.2. The molecule has 8 nitrogen and oxygen atoms in total. The minimum atomic E-state index is -0.644. The molecule has 0 bridgehead atoms. The van der Waals surface area contributed by atoms with Crippen LogP contribution in [0.4, 0.5) is 20.7 Å². The lowest BCUT2D eigenvalue weighted by Gasteiger charge is -2.35. The Hall–Kier alpha value is -3.20. The van der Waals surface area contributed by atoms with E-state index < -0.39 is 5.82 Å². The first-order chi connectivity index (χ1) is 14.9. The third-order valence-corrected chi connectivity index (χ3v) is 5.30. The molecule has 1 fully saturated rings. The first-order valence-electron chi connectivity index (χ1n) is 9.97. The molecule has 1 saturated heterocycles. The largest absolute Gasteiger partial charge is 0.420 e. The molecule has 0 atom stereocenters. The Labute approximate surface area is 184 Å². The summed E-state index contributed by atoms with van der Waals surface area (Å²) < 4.78 is 19.9. The lowest BCUT2D eigenvalue weighted by Crippen LogP contribution is -2.50. The molecule has 0 spiro atoms. The number of rotatable bonds is 4. The molecule has 0 aliphatic carbocycles. The number of benzene rings is 1. The van der Waals surface area contributed by atoms with Crippen molar-refractivity contribution in [2.75, 3.05) is 36.4 Å². The quantitative estimate of drug-likeness (QED) is 0.641. The number of carbonyl (C=O) groups is 1. The van der Waals surface area contributed by atoms with Crippen LogP contribution in [-0.4, -0.2) is 52.3 Å². The Morgan fingerprint density at radius 2 is 1.94 bits per heavy atom. The third kappa shape index (κ3) is 4.46. The fourth-order valence-corrected chi connectivity index (χ4v) is 3.48. The van der Waals surface area contributed by atoms with Crippen molar-refractivity contribution >= 4 is 29.1 Å². The lowest BCUT2D eigenvalue weighted by molar-refractivity contribution is 0.208. The van der Waals surface area contributed by atoms with E-state index in [-0.39, 0.29) is 22.7 Å². The summed E-state index contributed by atoms with van der Waals surface area (Å²) in [4.78, 5) is 20.8. The molecular weight excluding hydrogens is 423 g/mol. The second-order valence-corrected chi connectivity index (χ2v) is 7.89. The van der Waals surface area contributed by atoms with Gasteiger partial charge in [-0.25, -0.2) is 14.2 Å².